The average Bonchev–Trinajstić information content (AvgIpc) is 3.74. The minimum absolute atomic E-state index is 0.0176. The maximum atomic E-state index is 13.9. The number of unbranched alkanes of at least 4 members (excludes halogenated alkanes) is 1. The van der Waals surface area contributed by atoms with Crippen LogP contribution >= 0.6 is 0 Å². The Hall–Kier alpha value is -5.06. The Labute approximate surface area is 373 Å². The van der Waals surface area contributed by atoms with Gasteiger partial charge in [0, 0.05) is 51.9 Å². The van der Waals surface area contributed by atoms with E-state index in [1.807, 2.05) is 32.9 Å². The second kappa shape index (κ2) is 26.5. The molecule has 0 aliphatic carbocycles. The van der Waals surface area contributed by atoms with Crippen LogP contribution in [0.5, 0.6) is 0 Å². The van der Waals surface area contributed by atoms with Gasteiger partial charge < -0.3 is 45.6 Å². The highest BCUT2D eigenvalue weighted by molar-refractivity contribution is 5.94. The monoisotopic (exact) mass is 887 g/mol. The quantitative estimate of drug-likeness (QED) is 0.0939. The number of amides is 6. The van der Waals surface area contributed by atoms with Gasteiger partial charge in [-0.3, -0.25) is 33.6 Å². The number of hydrogen-bond acceptors (Lipinski definition) is 11. The Bertz CT molecular complexity index is 1710. The largest absolute Gasteiger partial charge is 0.459 e. The molecule has 2 heterocycles. The van der Waals surface area contributed by atoms with E-state index in [0.29, 0.717) is 45.1 Å². The molecule has 5 N–H and O–H groups in total. The first kappa shape index (κ1) is 54.1. The molecule has 63 heavy (non-hydrogen) atoms. The molecule has 6 amide bonds. The Morgan fingerprint density at radius 1 is 0.889 bits per heavy atom. The topological polar surface area (TPSA) is 230 Å². The highest BCUT2D eigenvalue weighted by Crippen LogP contribution is 2.24. The van der Waals surface area contributed by atoms with Crippen LogP contribution in [0.1, 0.15) is 124 Å². The molecule has 354 valence electrons. The molecule has 1 saturated heterocycles. The van der Waals surface area contributed by atoms with E-state index < -0.39 is 71.9 Å². The van der Waals surface area contributed by atoms with Crippen molar-refractivity contribution >= 4 is 47.4 Å². The summed E-state index contributed by atoms with van der Waals surface area (Å²) >= 11 is 0. The molecule has 0 saturated carbocycles. The van der Waals surface area contributed by atoms with Crippen molar-refractivity contribution in [1.29, 1.82) is 0 Å². The highest BCUT2D eigenvalue weighted by atomic mass is 16.6. The van der Waals surface area contributed by atoms with Crippen molar-refractivity contribution in [2.75, 3.05) is 33.8 Å². The number of carbonyl (C=O) groups excluding carboxylic acids is 8. The lowest BCUT2D eigenvalue weighted by Crippen LogP contribution is -2.58. The van der Waals surface area contributed by atoms with Gasteiger partial charge in [0.2, 0.25) is 23.6 Å². The number of aliphatic hydroxyl groups is 1. The third kappa shape index (κ3) is 18.3. The van der Waals surface area contributed by atoms with Crippen molar-refractivity contribution in [2.24, 2.45) is 17.8 Å². The van der Waals surface area contributed by atoms with Gasteiger partial charge in [-0.1, -0.05) is 65.3 Å². The molecule has 0 aromatic heterocycles. The molecule has 5 atom stereocenters. The zero-order chi connectivity index (χ0) is 47.4. The molecular formula is C46H74N6O11. The summed E-state index contributed by atoms with van der Waals surface area (Å²) in [7, 11) is 2.98. The Morgan fingerprint density at radius 3 is 2.13 bits per heavy atom. The Morgan fingerprint density at radius 2 is 1.54 bits per heavy atom. The number of benzene rings is 1. The van der Waals surface area contributed by atoms with Crippen LogP contribution in [0.15, 0.2) is 24.3 Å². The second-order valence-corrected chi connectivity index (χ2v) is 18.0. The summed E-state index contributed by atoms with van der Waals surface area (Å²) in [6.45, 7) is 15.4. The molecule has 0 bridgehead atoms. The van der Waals surface area contributed by atoms with Crippen LogP contribution in [-0.2, 0) is 56.0 Å². The van der Waals surface area contributed by atoms with Crippen LogP contribution in [-0.4, -0.2) is 126 Å². The summed E-state index contributed by atoms with van der Waals surface area (Å²) in [5.41, 5.74) is 1.82. The number of Topliss-reactive ketones (excluding diaryl/α,β-unsaturated/α-hetero) is 1. The van der Waals surface area contributed by atoms with E-state index in [1.54, 1.807) is 46.6 Å². The number of likely N-dealkylation sites (tertiary alicyclic amines) is 1. The first-order valence-electron chi connectivity index (χ1n) is 22.3. The van der Waals surface area contributed by atoms with Crippen LogP contribution in [0.4, 0.5) is 4.79 Å². The van der Waals surface area contributed by atoms with E-state index in [1.165, 1.54) is 23.1 Å². The van der Waals surface area contributed by atoms with Gasteiger partial charge in [-0.15, -0.1) is 0 Å². The van der Waals surface area contributed by atoms with Gasteiger partial charge in [0.15, 0.2) is 6.10 Å². The van der Waals surface area contributed by atoms with E-state index >= 15 is 0 Å². The fourth-order valence-corrected chi connectivity index (χ4v) is 7.47. The van der Waals surface area contributed by atoms with Gasteiger partial charge in [-0.05, 0) is 82.3 Å². The summed E-state index contributed by atoms with van der Waals surface area (Å²) in [4.78, 5) is 104. The number of fused-ring (bicyclic) bond motifs is 1. The molecule has 1 aromatic carbocycles. The van der Waals surface area contributed by atoms with Gasteiger partial charge in [-0.2, -0.15) is 0 Å². The molecule has 1 aromatic rings. The van der Waals surface area contributed by atoms with Gasteiger partial charge in [0.25, 0.3) is 5.91 Å². The summed E-state index contributed by atoms with van der Waals surface area (Å²) in [6.07, 6.45) is 2.45. The zero-order valence-corrected chi connectivity index (χ0v) is 39.2. The molecule has 17 heteroatoms. The zero-order valence-electron chi connectivity index (χ0n) is 39.2. The summed E-state index contributed by atoms with van der Waals surface area (Å²) in [5, 5.41) is 21.3. The molecule has 0 spiro atoms. The summed E-state index contributed by atoms with van der Waals surface area (Å²) in [6, 6.07) is 5.42. The number of hydrogen-bond donors (Lipinski definition) is 5. The van der Waals surface area contributed by atoms with Crippen LogP contribution in [0.25, 0.3) is 0 Å². The summed E-state index contributed by atoms with van der Waals surface area (Å²) in [5.74, 6) is -4.20. The molecule has 2 unspecified atom stereocenters. The lowest BCUT2D eigenvalue weighted by atomic mass is 9.88. The Balaban J connectivity index is 0.000000812. The third-order valence-electron chi connectivity index (χ3n) is 11.0. The number of rotatable bonds is 20. The number of ether oxygens (including phenoxy) is 2. The van der Waals surface area contributed by atoms with E-state index in [4.69, 9.17) is 9.47 Å². The molecule has 1 fully saturated rings. The van der Waals surface area contributed by atoms with Crippen molar-refractivity contribution in [2.45, 2.75) is 156 Å². The van der Waals surface area contributed by atoms with E-state index in [2.05, 4.69) is 33.4 Å². The lowest BCUT2D eigenvalue weighted by molar-refractivity contribution is -0.155. The Kier molecular flexibility index (Phi) is 22.8. The number of nitrogens with zero attached hydrogens (tertiary/aromatic N) is 2. The van der Waals surface area contributed by atoms with Gasteiger partial charge in [0.05, 0.1) is 13.2 Å². The molecule has 17 nitrogen and oxygen atoms in total. The molecule has 2 aliphatic rings. The number of carbonyl (C=O) groups is 8. The molecule has 3 rings (SSSR count). The van der Waals surface area contributed by atoms with Crippen molar-refractivity contribution in [3.63, 3.8) is 0 Å². The number of ketones is 1. The number of aliphatic hydroxyl groups excluding tert-OH is 1. The fraction of sp³-hybridized carbons (Fsp3) is 0.696. The fourth-order valence-electron chi connectivity index (χ4n) is 7.47. The van der Waals surface area contributed by atoms with Gasteiger partial charge in [-0.25, -0.2) is 4.79 Å². The second-order valence-electron chi connectivity index (χ2n) is 18.0. The lowest BCUT2D eigenvalue weighted by Gasteiger charge is -2.33. The average molecular weight is 887 g/mol. The van der Waals surface area contributed by atoms with Gasteiger partial charge >= 0.3 is 12.1 Å². The number of methoxy groups -OCH3 is 1. The SMILES string of the molecule is CCCC(NC(=O)[C@@H]1CCCN1C(=O)[C@@H](NC(=O)[C@@H](CC(=O)CCCCC(=O)NC)C(C)C)C(C)C)C(O)C(=O)NCC(=O)OC(C)(C)C.COC(=O)N1CCc2ccccc2C1. The molecule has 2 aliphatic heterocycles. The van der Waals surface area contributed by atoms with E-state index in [0.717, 1.165) is 13.0 Å². The smallest absolute Gasteiger partial charge is 0.409 e. The third-order valence-corrected chi connectivity index (χ3v) is 11.0. The maximum Gasteiger partial charge on any atom is 0.409 e. The van der Waals surface area contributed by atoms with Crippen molar-refractivity contribution < 1.29 is 52.9 Å². The van der Waals surface area contributed by atoms with Crippen molar-refractivity contribution in [3.05, 3.63) is 35.4 Å². The minimum atomic E-state index is -1.65. The standard InChI is InChI=1S/C35H61N5O9.C11H13NO2/c1-10-14-25(30(44)33(47)37-20-28(43)49-35(6,7)8)38-32(46)26-16-13-18-40(26)34(48)29(22(4)5)39-31(45)24(21(2)3)19-23(41)15-11-12-17-27(42)36-9;1-14-11(13)12-7-6-9-4-2-3-5-10(9)8-12/h21-22,24-26,29-30,44H,10-20H2,1-9H3,(H,36,42)(H,37,47)(H,38,46)(H,39,45);2-5H,6-8H2,1H3/t24-,25?,26-,29-,30?;/m0./s1. The predicted molar refractivity (Wildman–Crippen MR) is 237 cm³/mol. The van der Waals surface area contributed by atoms with Crippen molar-refractivity contribution in [3.8, 4) is 0 Å². The minimum Gasteiger partial charge on any atom is -0.459 e. The number of esters is 1. The summed E-state index contributed by atoms with van der Waals surface area (Å²) < 4.78 is 9.87. The molecule has 0 radical (unpaired) electrons. The van der Waals surface area contributed by atoms with Crippen molar-refractivity contribution in [1.82, 2.24) is 31.1 Å². The maximum absolute atomic E-state index is 13.9. The van der Waals surface area contributed by atoms with Crippen LogP contribution in [0.3, 0.4) is 0 Å². The van der Waals surface area contributed by atoms with Crippen LogP contribution < -0.4 is 21.3 Å². The van der Waals surface area contributed by atoms with Crippen LogP contribution in [0.2, 0.25) is 0 Å². The molecular weight excluding hydrogens is 813 g/mol. The van der Waals surface area contributed by atoms with Crippen LogP contribution in [0, 0.1) is 17.8 Å². The van der Waals surface area contributed by atoms with Gasteiger partial charge in [0.1, 0.15) is 30.0 Å². The van der Waals surface area contributed by atoms with E-state index in [9.17, 15) is 43.5 Å². The van der Waals surface area contributed by atoms with E-state index in [-0.39, 0.29) is 55.4 Å². The normalized spacial score (nSPS) is 16.6. The predicted octanol–water partition coefficient (Wildman–Crippen LogP) is 3.57. The first-order chi connectivity index (χ1) is 29.6. The highest BCUT2D eigenvalue weighted by Gasteiger charge is 2.41. The number of nitrogens with one attached hydrogen (secondary N) is 4. The first-order valence-corrected chi connectivity index (χ1v) is 22.3.